The van der Waals surface area contributed by atoms with Crippen molar-refractivity contribution in [3.8, 4) is 5.75 Å². The molecule has 78 valence electrons. The molecule has 0 unspecified atom stereocenters. The van der Waals surface area contributed by atoms with Crippen LogP contribution in [0.15, 0.2) is 18.2 Å². The molecule has 1 nitrogen and oxygen atoms in total. The molecule has 0 saturated carbocycles. The van der Waals surface area contributed by atoms with Crippen LogP contribution in [-0.2, 0) is 5.41 Å². The van der Waals surface area contributed by atoms with Crippen LogP contribution in [0.2, 0.25) is 0 Å². The Labute approximate surface area is 84.6 Å². The third-order valence-electron chi connectivity index (χ3n) is 2.56. The highest BCUT2D eigenvalue weighted by Gasteiger charge is 2.23. The van der Waals surface area contributed by atoms with Crippen LogP contribution < -0.4 is 0 Å². The highest BCUT2D eigenvalue weighted by atomic mass is 19.1. The predicted molar refractivity (Wildman–Crippen MR) is 56.0 cm³/mol. The maximum atomic E-state index is 13.0. The van der Waals surface area contributed by atoms with Gasteiger partial charge in [-0.25, -0.2) is 4.39 Å². The van der Waals surface area contributed by atoms with Gasteiger partial charge < -0.3 is 5.11 Å². The SMILES string of the molecule is CCCC(C)(C)c1cc(F)ccc1O. The number of rotatable bonds is 3. The van der Waals surface area contributed by atoms with Gasteiger partial charge in [0.1, 0.15) is 11.6 Å². The van der Waals surface area contributed by atoms with Crippen molar-refractivity contribution < 1.29 is 9.50 Å². The minimum Gasteiger partial charge on any atom is -0.508 e. The number of halogens is 1. The van der Waals surface area contributed by atoms with E-state index in [0.717, 1.165) is 12.8 Å². The Morgan fingerprint density at radius 2 is 2.00 bits per heavy atom. The fourth-order valence-electron chi connectivity index (χ4n) is 1.81. The summed E-state index contributed by atoms with van der Waals surface area (Å²) in [6, 6.07) is 4.12. The molecule has 0 saturated heterocycles. The lowest BCUT2D eigenvalue weighted by atomic mass is 9.80. The molecule has 1 aromatic carbocycles. The van der Waals surface area contributed by atoms with Crippen LogP contribution in [-0.4, -0.2) is 5.11 Å². The first-order valence-corrected chi connectivity index (χ1v) is 4.96. The minimum atomic E-state index is -0.290. The van der Waals surface area contributed by atoms with E-state index in [1.807, 2.05) is 13.8 Å². The third kappa shape index (κ3) is 2.25. The van der Waals surface area contributed by atoms with E-state index < -0.39 is 0 Å². The molecule has 0 heterocycles. The summed E-state index contributed by atoms with van der Waals surface area (Å²) in [4.78, 5) is 0. The van der Waals surface area contributed by atoms with Crippen molar-refractivity contribution in [1.82, 2.24) is 0 Å². The molecular formula is C12H17FO. The molecule has 0 aliphatic heterocycles. The summed E-state index contributed by atoms with van der Waals surface area (Å²) >= 11 is 0. The fourth-order valence-corrected chi connectivity index (χ4v) is 1.81. The minimum absolute atomic E-state index is 0.166. The normalized spacial score (nSPS) is 11.7. The van der Waals surface area contributed by atoms with Gasteiger partial charge in [0.05, 0.1) is 0 Å². The molecule has 0 fully saturated rings. The maximum absolute atomic E-state index is 13.0. The lowest BCUT2D eigenvalue weighted by molar-refractivity contribution is 0.414. The summed E-state index contributed by atoms with van der Waals surface area (Å²) in [6.45, 7) is 6.12. The molecule has 1 aromatic rings. The van der Waals surface area contributed by atoms with Crippen molar-refractivity contribution in [1.29, 1.82) is 0 Å². The summed E-state index contributed by atoms with van der Waals surface area (Å²) in [5, 5.41) is 9.63. The standard InChI is InChI=1S/C12H17FO/c1-4-7-12(2,3)10-8-9(13)5-6-11(10)14/h5-6,8,14H,4,7H2,1-3H3. The molecule has 0 aliphatic rings. The average Bonchev–Trinajstić information content (AvgIpc) is 2.09. The Morgan fingerprint density at radius 1 is 1.36 bits per heavy atom. The summed E-state index contributed by atoms with van der Waals surface area (Å²) in [7, 11) is 0. The van der Waals surface area contributed by atoms with Crippen molar-refractivity contribution >= 4 is 0 Å². The Hall–Kier alpha value is -1.05. The molecule has 2 heteroatoms. The smallest absolute Gasteiger partial charge is 0.123 e. The van der Waals surface area contributed by atoms with Gasteiger partial charge in [-0.2, -0.15) is 0 Å². The number of hydrogen-bond acceptors (Lipinski definition) is 1. The van der Waals surface area contributed by atoms with E-state index in [0.29, 0.717) is 5.56 Å². The van der Waals surface area contributed by atoms with Crippen molar-refractivity contribution in [3.05, 3.63) is 29.6 Å². The monoisotopic (exact) mass is 196 g/mol. The zero-order chi connectivity index (χ0) is 10.8. The van der Waals surface area contributed by atoms with E-state index in [1.54, 1.807) is 0 Å². The summed E-state index contributed by atoms with van der Waals surface area (Å²) in [6.07, 6.45) is 1.95. The van der Waals surface area contributed by atoms with Crippen LogP contribution in [0.25, 0.3) is 0 Å². The second-order valence-electron chi connectivity index (χ2n) is 4.30. The van der Waals surface area contributed by atoms with E-state index in [2.05, 4.69) is 6.92 Å². The van der Waals surface area contributed by atoms with Crippen molar-refractivity contribution in [2.45, 2.75) is 39.0 Å². The van der Waals surface area contributed by atoms with Crippen LogP contribution in [0.5, 0.6) is 5.75 Å². The maximum Gasteiger partial charge on any atom is 0.123 e. The van der Waals surface area contributed by atoms with Gasteiger partial charge in [0, 0.05) is 5.56 Å². The Balaban J connectivity index is 3.10. The van der Waals surface area contributed by atoms with Crippen LogP contribution in [0, 0.1) is 5.82 Å². The molecule has 0 atom stereocenters. The molecule has 1 rings (SSSR count). The first kappa shape index (κ1) is 11.0. The van der Waals surface area contributed by atoms with Gasteiger partial charge in [-0.1, -0.05) is 27.2 Å². The Morgan fingerprint density at radius 3 is 2.57 bits per heavy atom. The summed E-state index contributed by atoms with van der Waals surface area (Å²) in [5.74, 6) is -0.105. The van der Waals surface area contributed by atoms with Crippen LogP contribution in [0.4, 0.5) is 4.39 Å². The summed E-state index contributed by atoms with van der Waals surface area (Å²) in [5.41, 5.74) is 0.528. The lowest BCUT2D eigenvalue weighted by Crippen LogP contribution is -2.17. The van der Waals surface area contributed by atoms with Crippen molar-refractivity contribution in [2.75, 3.05) is 0 Å². The van der Waals surface area contributed by atoms with Crippen LogP contribution in [0.3, 0.4) is 0 Å². The number of phenolic OH excluding ortho intramolecular Hbond substituents is 1. The van der Waals surface area contributed by atoms with Gasteiger partial charge in [0.25, 0.3) is 0 Å². The second-order valence-corrected chi connectivity index (χ2v) is 4.30. The molecule has 0 radical (unpaired) electrons. The van der Waals surface area contributed by atoms with Crippen molar-refractivity contribution in [3.63, 3.8) is 0 Å². The fraction of sp³-hybridized carbons (Fsp3) is 0.500. The number of aromatic hydroxyl groups is 1. The molecule has 14 heavy (non-hydrogen) atoms. The van der Waals surface area contributed by atoms with Gasteiger partial charge in [-0.15, -0.1) is 0 Å². The van der Waals surface area contributed by atoms with Gasteiger partial charge in [-0.3, -0.25) is 0 Å². The molecule has 0 bridgehead atoms. The zero-order valence-electron chi connectivity index (χ0n) is 8.97. The second kappa shape index (κ2) is 3.99. The van der Waals surface area contributed by atoms with E-state index in [-0.39, 0.29) is 17.0 Å². The van der Waals surface area contributed by atoms with Gasteiger partial charge in [-0.05, 0) is 30.0 Å². The average molecular weight is 196 g/mol. The molecule has 1 N–H and O–H groups in total. The van der Waals surface area contributed by atoms with E-state index in [1.165, 1.54) is 18.2 Å². The van der Waals surface area contributed by atoms with Crippen LogP contribution >= 0.6 is 0 Å². The number of benzene rings is 1. The van der Waals surface area contributed by atoms with Crippen molar-refractivity contribution in [2.24, 2.45) is 0 Å². The predicted octanol–water partition coefficient (Wildman–Crippen LogP) is 3.61. The largest absolute Gasteiger partial charge is 0.508 e. The third-order valence-corrected chi connectivity index (χ3v) is 2.56. The van der Waals surface area contributed by atoms with E-state index >= 15 is 0 Å². The Kier molecular flexibility index (Phi) is 3.14. The van der Waals surface area contributed by atoms with Gasteiger partial charge >= 0.3 is 0 Å². The Bertz CT molecular complexity index is 318. The topological polar surface area (TPSA) is 20.2 Å². The molecule has 0 amide bonds. The molecule has 0 aromatic heterocycles. The van der Waals surface area contributed by atoms with Gasteiger partial charge in [0.2, 0.25) is 0 Å². The number of hydrogen-bond donors (Lipinski definition) is 1. The highest BCUT2D eigenvalue weighted by Crippen LogP contribution is 2.34. The van der Waals surface area contributed by atoms with E-state index in [9.17, 15) is 9.50 Å². The number of phenols is 1. The molecule has 0 aliphatic carbocycles. The first-order chi connectivity index (χ1) is 6.47. The lowest BCUT2D eigenvalue weighted by Gasteiger charge is -2.25. The molecule has 0 spiro atoms. The quantitative estimate of drug-likeness (QED) is 0.783. The van der Waals surface area contributed by atoms with E-state index in [4.69, 9.17) is 0 Å². The summed E-state index contributed by atoms with van der Waals surface area (Å²) < 4.78 is 13.0. The zero-order valence-corrected chi connectivity index (χ0v) is 8.97. The van der Waals surface area contributed by atoms with Crippen LogP contribution in [0.1, 0.15) is 39.2 Å². The molecular weight excluding hydrogens is 179 g/mol. The highest BCUT2D eigenvalue weighted by molar-refractivity contribution is 5.38. The van der Waals surface area contributed by atoms with Gasteiger partial charge in [0.15, 0.2) is 0 Å². The first-order valence-electron chi connectivity index (χ1n) is 4.96.